The van der Waals surface area contributed by atoms with Crippen LogP contribution in [0.5, 0.6) is 0 Å². The van der Waals surface area contributed by atoms with E-state index in [1.54, 1.807) is 19.1 Å². The van der Waals surface area contributed by atoms with E-state index in [1.807, 2.05) is 0 Å². The summed E-state index contributed by atoms with van der Waals surface area (Å²) < 4.78 is 26.9. The highest BCUT2D eigenvalue weighted by atomic mass is 79.9. The van der Waals surface area contributed by atoms with Crippen LogP contribution in [0, 0.1) is 0 Å². The molecule has 0 fully saturated rings. The van der Waals surface area contributed by atoms with Crippen molar-refractivity contribution in [3.05, 3.63) is 27.1 Å². The summed E-state index contributed by atoms with van der Waals surface area (Å²) in [6.07, 6.45) is 0.540. The van der Waals surface area contributed by atoms with Gasteiger partial charge in [-0.25, -0.2) is 8.42 Å². The number of hydrogen-bond donors (Lipinski definition) is 1. The van der Waals surface area contributed by atoms with E-state index in [1.165, 1.54) is 6.07 Å². The maximum Gasteiger partial charge on any atom is 0.318 e. The van der Waals surface area contributed by atoms with Crippen LogP contribution in [0.3, 0.4) is 0 Å². The second-order valence-corrected chi connectivity index (χ2v) is 7.48. The minimum absolute atomic E-state index is 0.0524. The average Bonchev–Trinajstić information content (AvgIpc) is 2.31. The van der Waals surface area contributed by atoms with Crippen LogP contribution >= 0.6 is 31.9 Å². The molecule has 0 saturated carbocycles. The standard InChI is InChI=1S/C11H13Br2NO4S/c1-2-5-14(7-11(15)16)19(17,18)10-6-8(12)3-4-9(10)13/h3-4,6H,2,5,7H2,1H3,(H,15,16). The Hall–Kier alpha value is -0.440. The molecule has 106 valence electrons. The van der Waals surface area contributed by atoms with Crippen LogP contribution in [0.25, 0.3) is 0 Å². The summed E-state index contributed by atoms with van der Waals surface area (Å²) in [5.41, 5.74) is 0. The monoisotopic (exact) mass is 413 g/mol. The molecule has 0 atom stereocenters. The molecule has 1 N–H and O–H groups in total. The molecule has 1 rings (SSSR count). The lowest BCUT2D eigenvalue weighted by Gasteiger charge is -2.20. The maximum absolute atomic E-state index is 12.4. The lowest BCUT2D eigenvalue weighted by Crippen LogP contribution is -2.36. The van der Waals surface area contributed by atoms with E-state index in [0.717, 1.165) is 4.31 Å². The van der Waals surface area contributed by atoms with Gasteiger partial charge in [-0.05, 0) is 40.5 Å². The van der Waals surface area contributed by atoms with Crippen molar-refractivity contribution in [2.24, 2.45) is 0 Å². The lowest BCUT2D eigenvalue weighted by atomic mass is 10.4. The van der Waals surface area contributed by atoms with Crippen molar-refractivity contribution in [2.75, 3.05) is 13.1 Å². The van der Waals surface area contributed by atoms with Gasteiger partial charge in [0.25, 0.3) is 0 Å². The highest BCUT2D eigenvalue weighted by Crippen LogP contribution is 2.28. The van der Waals surface area contributed by atoms with Crippen molar-refractivity contribution in [1.29, 1.82) is 0 Å². The van der Waals surface area contributed by atoms with E-state index in [0.29, 0.717) is 15.4 Å². The predicted octanol–water partition coefficient (Wildman–Crippen LogP) is 2.70. The molecule has 0 aliphatic carbocycles. The number of rotatable bonds is 6. The van der Waals surface area contributed by atoms with E-state index < -0.39 is 22.5 Å². The first kappa shape index (κ1) is 16.6. The Morgan fingerprint density at radius 1 is 1.37 bits per heavy atom. The van der Waals surface area contributed by atoms with Gasteiger partial charge in [0.05, 0.1) is 4.90 Å². The van der Waals surface area contributed by atoms with Crippen molar-refractivity contribution >= 4 is 47.9 Å². The highest BCUT2D eigenvalue weighted by molar-refractivity contribution is 9.11. The number of sulfonamides is 1. The molecule has 0 heterocycles. The highest BCUT2D eigenvalue weighted by Gasteiger charge is 2.27. The first-order valence-electron chi connectivity index (χ1n) is 5.46. The van der Waals surface area contributed by atoms with E-state index >= 15 is 0 Å². The number of hydrogen-bond acceptors (Lipinski definition) is 3. The summed E-state index contributed by atoms with van der Waals surface area (Å²) in [6.45, 7) is 1.41. The summed E-state index contributed by atoms with van der Waals surface area (Å²) in [5, 5.41) is 8.82. The molecule has 0 spiro atoms. The number of carbonyl (C=O) groups is 1. The molecule has 0 aromatic heterocycles. The first-order valence-corrected chi connectivity index (χ1v) is 8.48. The van der Waals surface area contributed by atoms with Gasteiger partial charge in [0, 0.05) is 15.5 Å². The van der Waals surface area contributed by atoms with Crippen molar-refractivity contribution in [1.82, 2.24) is 4.31 Å². The van der Waals surface area contributed by atoms with Crippen LogP contribution in [0.15, 0.2) is 32.0 Å². The van der Waals surface area contributed by atoms with E-state index in [2.05, 4.69) is 31.9 Å². The quantitative estimate of drug-likeness (QED) is 0.776. The van der Waals surface area contributed by atoms with Crippen LogP contribution in [0.2, 0.25) is 0 Å². The zero-order chi connectivity index (χ0) is 14.6. The fourth-order valence-electron chi connectivity index (χ4n) is 1.50. The number of halogens is 2. The van der Waals surface area contributed by atoms with Gasteiger partial charge in [-0.1, -0.05) is 22.9 Å². The molecule has 1 aromatic rings. The Morgan fingerprint density at radius 2 is 2.00 bits per heavy atom. The zero-order valence-corrected chi connectivity index (χ0v) is 14.1. The second-order valence-electron chi connectivity index (χ2n) is 3.81. The minimum Gasteiger partial charge on any atom is -0.480 e. The Bertz CT molecular complexity index is 574. The molecule has 1 aromatic carbocycles. The Kier molecular flexibility index (Phi) is 5.97. The number of benzene rings is 1. The number of carboxylic acids is 1. The molecule has 0 amide bonds. The van der Waals surface area contributed by atoms with Crippen LogP contribution in [-0.4, -0.2) is 36.9 Å². The van der Waals surface area contributed by atoms with Gasteiger partial charge in [-0.2, -0.15) is 4.31 Å². The molecule has 0 radical (unpaired) electrons. The van der Waals surface area contributed by atoms with E-state index in [9.17, 15) is 13.2 Å². The van der Waals surface area contributed by atoms with E-state index in [-0.39, 0.29) is 11.4 Å². The first-order chi connectivity index (χ1) is 8.78. The van der Waals surface area contributed by atoms with Gasteiger partial charge in [0.1, 0.15) is 6.54 Å². The molecule has 0 unspecified atom stereocenters. The summed E-state index contributed by atoms with van der Waals surface area (Å²) in [7, 11) is -3.84. The molecular formula is C11H13Br2NO4S. The van der Waals surface area contributed by atoms with Gasteiger partial charge < -0.3 is 5.11 Å². The van der Waals surface area contributed by atoms with Gasteiger partial charge in [0.15, 0.2) is 0 Å². The Labute approximate surface area is 128 Å². The minimum atomic E-state index is -3.84. The smallest absolute Gasteiger partial charge is 0.318 e. The summed E-state index contributed by atoms with van der Waals surface area (Å²) >= 11 is 6.39. The van der Waals surface area contributed by atoms with E-state index in [4.69, 9.17) is 5.11 Å². The molecule has 0 bridgehead atoms. The fraction of sp³-hybridized carbons (Fsp3) is 0.364. The summed E-state index contributed by atoms with van der Waals surface area (Å²) in [6, 6.07) is 4.75. The molecule has 0 saturated heterocycles. The van der Waals surface area contributed by atoms with Crippen LogP contribution in [0.1, 0.15) is 13.3 Å². The fourth-order valence-corrected chi connectivity index (χ4v) is 4.44. The van der Waals surface area contributed by atoms with Crippen LogP contribution < -0.4 is 0 Å². The van der Waals surface area contributed by atoms with Gasteiger partial charge >= 0.3 is 5.97 Å². The zero-order valence-electron chi connectivity index (χ0n) is 10.1. The van der Waals surface area contributed by atoms with Gasteiger partial charge in [-0.15, -0.1) is 0 Å². The van der Waals surface area contributed by atoms with Gasteiger partial charge in [0.2, 0.25) is 10.0 Å². The second kappa shape index (κ2) is 6.83. The molecule has 8 heteroatoms. The maximum atomic E-state index is 12.4. The van der Waals surface area contributed by atoms with Crippen molar-refractivity contribution < 1.29 is 18.3 Å². The molecular weight excluding hydrogens is 402 g/mol. The lowest BCUT2D eigenvalue weighted by molar-refractivity contribution is -0.137. The Balaban J connectivity index is 3.25. The summed E-state index contributed by atoms with van der Waals surface area (Å²) in [4.78, 5) is 10.8. The number of carboxylic acid groups (broad SMARTS) is 1. The predicted molar refractivity (Wildman–Crippen MR) is 78.5 cm³/mol. The topological polar surface area (TPSA) is 74.7 Å². The molecule has 5 nitrogen and oxygen atoms in total. The number of aliphatic carboxylic acids is 1. The van der Waals surface area contributed by atoms with Gasteiger partial charge in [-0.3, -0.25) is 4.79 Å². The third-order valence-corrected chi connectivity index (χ3v) is 5.63. The largest absolute Gasteiger partial charge is 0.480 e. The van der Waals surface area contributed by atoms with Crippen molar-refractivity contribution in [2.45, 2.75) is 18.2 Å². The average molecular weight is 415 g/mol. The summed E-state index contributed by atoms with van der Waals surface area (Å²) in [5.74, 6) is -1.18. The third-order valence-electron chi connectivity index (χ3n) is 2.30. The molecule has 0 aliphatic rings. The van der Waals surface area contributed by atoms with Crippen molar-refractivity contribution in [3.63, 3.8) is 0 Å². The Morgan fingerprint density at radius 3 is 2.53 bits per heavy atom. The van der Waals surface area contributed by atoms with Crippen LogP contribution in [0.4, 0.5) is 0 Å². The SMILES string of the molecule is CCCN(CC(=O)O)S(=O)(=O)c1cc(Br)ccc1Br. The van der Waals surface area contributed by atoms with Crippen LogP contribution in [-0.2, 0) is 14.8 Å². The van der Waals surface area contributed by atoms with Crippen molar-refractivity contribution in [3.8, 4) is 0 Å². The third kappa shape index (κ3) is 4.27. The normalized spacial score (nSPS) is 11.8. The molecule has 0 aliphatic heterocycles. The molecule has 19 heavy (non-hydrogen) atoms. The number of nitrogens with zero attached hydrogens (tertiary/aromatic N) is 1.